The fourth-order valence-electron chi connectivity index (χ4n) is 2.80. The number of nitrogens with zero attached hydrogens (tertiary/aromatic N) is 1. The number of anilines is 1. The van der Waals surface area contributed by atoms with Crippen LogP contribution < -0.4 is 5.32 Å². The second kappa shape index (κ2) is 6.65. The molecule has 0 aromatic heterocycles. The molecule has 0 atom stereocenters. The number of amides is 2. The highest BCUT2D eigenvalue weighted by Gasteiger charge is 2.21. The molecule has 1 aliphatic rings. The first-order valence-corrected chi connectivity index (χ1v) is 7.93. The van der Waals surface area contributed by atoms with Crippen LogP contribution in [0.2, 0.25) is 0 Å². The molecule has 4 heteroatoms. The molecule has 2 amide bonds. The number of hydrogen-bond donors (Lipinski definition) is 1. The van der Waals surface area contributed by atoms with Crippen LogP contribution in [0.3, 0.4) is 0 Å². The molecule has 2 aromatic carbocycles. The van der Waals surface area contributed by atoms with E-state index in [9.17, 15) is 9.59 Å². The Morgan fingerprint density at radius 1 is 1.04 bits per heavy atom. The van der Waals surface area contributed by atoms with E-state index in [0.717, 1.165) is 18.7 Å². The third-order valence-electron chi connectivity index (χ3n) is 4.15. The summed E-state index contributed by atoms with van der Waals surface area (Å²) in [5, 5.41) is 2.79. The van der Waals surface area contributed by atoms with Gasteiger partial charge in [0.1, 0.15) is 0 Å². The van der Waals surface area contributed by atoms with E-state index in [1.54, 1.807) is 31.2 Å². The van der Waals surface area contributed by atoms with Crippen LogP contribution in [0, 0.1) is 0 Å². The molecule has 1 aliphatic heterocycles. The summed E-state index contributed by atoms with van der Waals surface area (Å²) in [6.07, 6.45) is 1.33. The van der Waals surface area contributed by atoms with Crippen LogP contribution in [0.5, 0.6) is 0 Å². The molecule has 23 heavy (non-hydrogen) atoms. The Morgan fingerprint density at radius 2 is 1.74 bits per heavy atom. The second-order valence-corrected chi connectivity index (χ2v) is 5.72. The van der Waals surface area contributed by atoms with Gasteiger partial charge >= 0.3 is 0 Å². The smallest absolute Gasteiger partial charge is 0.254 e. The number of fused-ring (bicyclic) bond motifs is 1. The van der Waals surface area contributed by atoms with E-state index in [0.29, 0.717) is 18.5 Å². The van der Waals surface area contributed by atoms with Crippen molar-refractivity contribution in [3.63, 3.8) is 0 Å². The zero-order valence-corrected chi connectivity index (χ0v) is 13.2. The van der Waals surface area contributed by atoms with Crippen LogP contribution in [0.4, 0.5) is 5.69 Å². The number of hydrogen-bond acceptors (Lipinski definition) is 2. The summed E-state index contributed by atoms with van der Waals surface area (Å²) in [5.41, 5.74) is 3.92. The topological polar surface area (TPSA) is 49.4 Å². The number of benzene rings is 2. The summed E-state index contributed by atoms with van der Waals surface area (Å²) in [7, 11) is 0. The van der Waals surface area contributed by atoms with Crippen molar-refractivity contribution in [2.24, 2.45) is 0 Å². The fourth-order valence-corrected chi connectivity index (χ4v) is 2.80. The average molecular weight is 308 g/mol. The normalized spacial score (nSPS) is 13.3. The van der Waals surface area contributed by atoms with E-state index in [1.165, 1.54) is 11.1 Å². The van der Waals surface area contributed by atoms with Gasteiger partial charge in [0.05, 0.1) is 0 Å². The summed E-state index contributed by atoms with van der Waals surface area (Å²) in [6.45, 7) is 3.20. The van der Waals surface area contributed by atoms with Gasteiger partial charge in [-0.2, -0.15) is 0 Å². The Labute approximate surface area is 136 Å². The minimum absolute atomic E-state index is 0.0308. The molecule has 4 nitrogen and oxygen atoms in total. The zero-order valence-electron chi connectivity index (χ0n) is 13.2. The lowest BCUT2D eigenvalue weighted by molar-refractivity contribution is -0.115. The SMILES string of the molecule is CCC(=O)Nc1ccc(C(=O)N2CCc3ccccc3C2)cc1. The highest BCUT2D eigenvalue weighted by Crippen LogP contribution is 2.21. The van der Waals surface area contributed by atoms with E-state index >= 15 is 0 Å². The van der Waals surface area contributed by atoms with E-state index in [2.05, 4.69) is 17.4 Å². The van der Waals surface area contributed by atoms with E-state index < -0.39 is 0 Å². The predicted octanol–water partition coefficient (Wildman–Crippen LogP) is 3.23. The first kappa shape index (κ1) is 15.3. The Balaban J connectivity index is 1.70. The lowest BCUT2D eigenvalue weighted by atomic mass is 9.99. The van der Waals surface area contributed by atoms with Crippen LogP contribution in [-0.4, -0.2) is 23.3 Å². The molecule has 118 valence electrons. The molecular weight excluding hydrogens is 288 g/mol. The molecule has 1 heterocycles. The molecule has 0 unspecified atom stereocenters. The van der Waals surface area contributed by atoms with Crippen molar-refractivity contribution in [1.82, 2.24) is 4.90 Å². The highest BCUT2D eigenvalue weighted by molar-refractivity contribution is 5.95. The molecule has 0 bridgehead atoms. The van der Waals surface area contributed by atoms with Crippen LogP contribution in [0.1, 0.15) is 34.8 Å². The third kappa shape index (κ3) is 3.42. The zero-order chi connectivity index (χ0) is 16.2. The molecular formula is C19H20N2O2. The monoisotopic (exact) mass is 308 g/mol. The van der Waals surface area contributed by atoms with Gasteiger partial charge in [-0.15, -0.1) is 0 Å². The van der Waals surface area contributed by atoms with Crippen molar-refractivity contribution in [3.05, 3.63) is 65.2 Å². The molecule has 0 fully saturated rings. The van der Waals surface area contributed by atoms with Gasteiger partial charge in [0.15, 0.2) is 0 Å². The summed E-state index contributed by atoms with van der Waals surface area (Å²) >= 11 is 0. The molecule has 0 saturated heterocycles. The maximum Gasteiger partial charge on any atom is 0.254 e. The molecule has 0 saturated carbocycles. The maximum atomic E-state index is 12.6. The summed E-state index contributed by atoms with van der Waals surface area (Å²) in [4.78, 5) is 25.9. The molecule has 0 radical (unpaired) electrons. The number of carbonyl (C=O) groups is 2. The van der Waals surface area contributed by atoms with Crippen LogP contribution in [-0.2, 0) is 17.8 Å². The van der Waals surface area contributed by atoms with Gasteiger partial charge in [-0.1, -0.05) is 31.2 Å². The van der Waals surface area contributed by atoms with Gasteiger partial charge in [-0.05, 0) is 41.8 Å². The number of nitrogens with one attached hydrogen (secondary N) is 1. The summed E-state index contributed by atoms with van der Waals surface area (Å²) in [6, 6.07) is 15.4. The Kier molecular flexibility index (Phi) is 4.42. The second-order valence-electron chi connectivity index (χ2n) is 5.72. The van der Waals surface area contributed by atoms with Crippen LogP contribution in [0.25, 0.3) is 0 Å². The van der Waals surface area contributed by atoms with Gasteiger partial charge in [0.2, 0.25) is 5.91 Å². The molecule has 2 aromatic rings. The summed E-state index contributed by atoms with van der Waals surface area (Å²) < 4.78 is 0. The number of carbonyl (C=O) groups excluding carboxylic acids is 2. The lowest BCUT2D eigenvalue weighted by Crippen LogP contribution is -2.35. The first-order valence-electron chi connectivity index (χ1n) is 7.93. The average Bonchev–Trinajstić information content (AvgIpc) is 2.61. The van der Waals surface area contributed by atoms with E-state index in [1.807, 2.05) is 17.0 Å². The maximum absolute atomic E-state index is 12.6. The number of rotatable bonds is 3. The van der Waals surface area contributed by atoms with Crippen molar-refractivity contribution in [1.29, 1.82) is 0 Å². The van der Waals surface area contributed by atoms with Crippen molar-refractivity contribution in [3.8, 4) is 0 Å². The molecule has 0 aliphatic carbocycles. The van der Waals surface area contributed by atoms with Crippen molar-refractivity contribution in [2.75, 3.05) is 11.9 Å². The van der Waals surface area contributed by atoms with E-state index in [4.69, 9.17) is 0 Å². The van der Waals surface area contributed by atoms with Crippen LogP contribution in [0.15, 0.2) is 48.5 Å². The minimum Gasteiger partial charge on any atom is -0.334 e. The van der Waals surface area contributed by atoms with Gasteiger partial charge in [0, 0.05) is 30.8 Å². The Bertz CT molecular complexity index is 722. The fraction of sp³-hybridized carbons (Fsp3) is 0.263. The standard InChI is InChI=1S/C19H20N2O2/c1-2-18(22)20-17-9-7-15(8-10-17)19(23)21-12-11-14-5-3-4-6-16(14)13-21/h3-10H,2,11-13H2,1H3,(H,20,22). The summed E-state index contributed by atoms with van der Waals surface area (Å²) in [5.74, 6) is 0.00425. The van der Waals surface area contributed by atoms with Gasteiger partial charge in [0.25, 0.3) is 5.91 Å². The highest BCUT2D eigenvalue weighted by atomic mass is 16.2. The van der Waals surface area contributed by atoms with Crippen molar-refractivity contribution >= 4 is 17.5 Å². The predicted molar refractivity (Wildman–Crippen MR) is 90.2 cm³/mol. The van der Waals surface area contributed by atoms with Crippen molar-refractivity contribution < 1.29 is 9.59 Å². The minimum atomic E-state index is -0.0308. The van der Waals surface area contributed by atoms with Gasteiger partial charge in [-0.25, -0.2) is 0 Å². The lowest BCUT2D eigenvalue weighted by Gasteiger charge is -2.29. The van der Waals surface area contributed by atoms with E-state index in [-0.39, 0.29) is 11.8 Å². The van der Waals surface area contributed by atoms with Gasteiger partial charge < -0.3 is 10.2 Å². The molecule has 0 spiro atoms. The quantitative estimate of drug-likeness (QED) is 0.946. The van der Waals surface area contributed by atoms with Crippen molar-refractivity contribution in [2.45, 2.75) is 26.3 Å². The van der Waals surface area contributed by atoms with Gasteiger partial charge in [-0.3, -0.25) is 9.59 Å². The largest absolute Gasteiger partial charge is 0.334 e. The third-order valence-corrected chi connectivity index (χ3v) is 4.15. The van der Waals surface area contributed by atoms with Crippen LogP contribution >= 0.6 is 0 Å². The first-order chi connectivity index (χ1) is 11.2. The molecule has 3 rings (SSSR count). The molecule has 1 N–H and O–H groups in total. The Hall–Kier alpha value is -2.62. The Morgan fingerprint density at radius 3 is 2.43 bits per heavy atom.